The molecule has 0 radical (unpaired) electrons. The SMILES string of the molecule is NNC(=S)Cc1ccc(Cl)cc1. The molecule has 0 bridgehead atoms. The molecule has 0 spiro atoms. The summed E-state index contributed by atoms with van der Waals surface area (Å²) in [5, 5.41) is 0.727. The lowest BCUT2D eigenvalue weighted by molar-refractivity contribution is 1.02. The Balaban J connectivity index is 2.64. The second kappa shape index (κ2) is 4.40. The second-order valence-electron chi connectivity index (χ2n) is 2.37. The highest BCUT2D eigenvalue weighted by Crippen LogP contribution is 2.09. The highest BCUT2D eigenvalue weighted by atomic mass is 35.5. The van der Waals surface area contributed by atoms with Gasteiger partial charge in [-0.1, -0.05) is 36.0 Å². The number of nitrogens with two attached hydrogens (primary N) is 1. The van der Waals surface area contributed by atoms with Crippen LogP contribution in [-0.4, -0.2) is 4.99 Å². The van der Waals surface area contributed by atoms with Gasteiger partial charge in [-0.25, -0.2) is 0 Å². The van der Waals surface area contributed by atoms with Gasteiger partial charge in [-0.15, -0.1) is 0 Å². The lowest BCUT2D eigenvalue weighted by Crippen LogP contribution is -2.29. The van der Waals surface area contributed by atoms with E-state index in [0.717, 1.165) is 10.6 Å². The zero-order valence-corrected chi connectivity index (χ0v) is 7.95. The Morgan fingerprint density at radius 1 is 1.42 bits per heavy atom. The van der Waals surface area contributed by atoms with Gasteiger partial charge in [0.15, 0.2) is 0 Å². The Hall–Kier alpha value is -0.640. The Bertz CT molecular complexity index is 271. The topological polar surface area (TPSA) is 38.0 Å². The first-order chi connectivity index (χ1) is 5.72. The van der Waals surface area contributed by atoms with Gasteiger partial charge >= 0.3 is 0 Å². The molecule has 0 aromatic heterocycles. The largest absolute Gasteiger partial charge is 0.318 e. The zero-order valence-electron chi connectivity index (χ0n) is 6.38. The van der Waals surface area contributed by atoms with E-state index in [1.165, 1.54) is 0 Å². The maximum absolute atomic E-state index is 5.71. The Morgan fingerprint density at radius 2 is 2.00 bits per heavy atom. The second-order valence-corrected chi connectivity index (χ2v) is 3.30. The first kappa shape index (κ1) is 9.45. The lowest BCUT2D eigenvalue weighted by Gasteiger charge is -2.01. The molecule has 1 aromatic rings. The quantitative estimate of drug-likeness (QED) is 0.434. The van der Waals surface area contributed by atoms with Gasteiger partial charge in [-0.2, -0.15) is 0 Å². The van der Waals surface area contributed by atoms with E-state index in [9.17, 15) is 0 Å². The van der Waals surface area contributed by atoms with Crippen molar-refractivity contribution in [2.45, 2.75) is 6.42 Å². The number of hydrogen-bond donors (Lipinski definition) is 2. The van der Waals surface area contributed by atoms with Crippen molar-refractivity contribution in [1.29, 1.82) is 0 Å². The number of halogens is 1. The van der Waals surface area contributed by atoms with Crippen molar-refractivity contribution in [2.75, 3.05) is 0 Å². The predicted octanol–water partition coefficient (Wildman–Crippen LogP) is 1.67. The Morgan fingerprint density at radius 3 is 2.50 bits per heavy atom. The first-order valence-corrected chi connectivity index (χ1v) is 4.25. The van der Waals surface area contributed by atoms with E-state index in [4.69, 9.17) is 29.7 Å². The van der Waals surface area contributed by atoms with Gasteiger partial charge < -0.3 is 5.43 Å². The van der Waals surface area contributed by atoms with Gasteiger partial charge in [-0.05, 0) is 17.7 Å². The van der Waals surface area contributed by atoms with Crippen LogP contribution in [0, 0.1) is 0 Å². The molecule has 0 heterocycles. The summed E-state index contributed by atoms with van der Waals surface area (Å²) in [7, 11) is 0. The number of rotatable bonds is 2. The summed E-state index contributed by atoms with van der Waals surface area (Å²) in [5.41, 5.74) is 3.53. The zero-order chi connectivity index (χ0) is 8.97. The molecule has 1 rings (SSSR count). The number of thiocarbonyl (C=S) groups is 1. The average Bonchev–Trinajstić information content (AvgIpc) is 2.09. The van der Waals surface area contributed by atoms with Gasteiger partial charge in [-0.3, -0.25) is 5.84 Å². The molecule has 0 amide bonds. The highest BCUT2D eigenvalue weighted by molar-refractivity contribution is 7.80. The molecule has 0 fully saturated rings. The summed E-state index contributed by atoms with van der Waals surface area (Å²) < 4.78 is 0. The normalized spacial score (nSPS) is 9.50. The Kier molecular flexibility index (Phi) is 3.47. The van der Waals surface area contributed by atoms with Crippen molar-refractivity contribution >= 4 is 28.8 Å². The number of nitrogens with one attached hydrogen (secondary N) is 1. The van der Waals surface area contributed by atoms with Crippen LogP contribution in [0.4, 0.5) is 0 Å². The van der Waals surface area contributed by atoms with E-state index in [1.54, 1.807) is 0 Å². The van der Waals surface area contributed by atoms with Gasteiger partial charge in [0.2, 0.25) is 0 Å². The maximum atomic E-state index is 5.71. The van der Waals surface area contributed by atoms with E-state index in [1.807, 2.05) is 24.3 Å². The van der Waals surface area contributed by atoms with Crippen molar-refractivity contribution < 1.29 is 0 Å². The fraction of sp³-hybridized carbons (Fsp3) is 0.125. The first-order valence-electron chi connectivity index (χ1n) is 3.46. The fourth-order valence-corrected chi connectivity index (χ4v) is 1.13. The van der Waals surface area contributed by atoms with Crippen LogP contribution in [0.15, 0.2) is 24.3 Å². The van der Waals surface area contributed by atoms with Crippen molar-refractivity contribution in [3.05, 3.63) is 34.9 Å². The predicted molar refractivity (Wildman–Crippen MR) is 55.1 cm³/mol. The smallest absolute Gasteiger partial charge is 0.0937 e. The van der Waals surface area contributed by atoms with Crippen LogP contribution in [-0.2, 0) is 6.42 Å². The van der Waals surface area contributed by atoms with Crippen molar-refractivity contribution in [3.8, 4) is 0 Å². The van der Waals surface area contributed by atoms with Crippen molar-refractivity contribution in [3.63, 3.8) is 0 Å². The standard InChI is InChI=1S/C8H9ClN2S/c9-7-3-1-6(2-4-7)5-8(12)11-10/h1-4H,5,10H2,(H,11,12). The molecule has 0 saturated carbocycles. The van der Waals surface area contributed by atoms with Gasteiger partial charge in [0.05, 0.1) is 4.99 Å². The van der Waals surface area contributed by atoms with Crippen molar-refractivity contribution in [1.82, 2.24) is 5.43 Å². The molecular formula is C8H9ClN2S. The van der Waals surface area contributed by atoms with E-state index in [-0.39, 0.29) is 0 Å². The molecule has 0 atom stereocenters. The summed E-state index contributed by atoms with van der Waals surface area (Å²) in [6.45, 7) is 0. The minimum Gasteiger partial charge on any atom is -0.318 e. The van der Waals surface area contributed by atoms with E-state index < -0.39 is 0 Å². The molecular weight excluding hydrogens is 192 g/mol. The average molecular weight is 201 g/mol. The van der Waals surface area contributed by atoms with Crippen LogP contribution in [0.1, 0.15) is 5.56 Å². The third-order valence-electron chi connectivity index (χ3n) is 1.44. The molecule has 0 aliphatic carbocycles. The fourth-order valence-electron chi connectivity index (χ4n) is 0.839. The summed E-state index contributed by atoms with van der Waals surface area (Å²) in [6.07, 6.45) is 0.656. The lowest BCUT2D eigenvalue weighted by atomic mass is 10.1. The van der Waals surface area contributed by atoms with Gasteiger partial charge in [0.1, 0.15) is 0 Å². The number of hydrogen-bond acceptors (Lipinski definition) is 2. The van der Waals surface area contributed by atoms with Crippen LogP contribution in [0.3, 0.4) is 0 Å². The van der Waals surface area contributed by atoms with E-state index in [0.29, 0.717) is 11.4 Å². The molecule has 3 N–H and O–H groups in total. The molecule has 0 unspecified atom stereocenters. The molecule has 12 heavy (non-hydrogen) atoms. The summed E-state index contributed by atoms with van der Waals surface area (Å²) >= 11 is 10.6. The van der Waals surface area contributed by atoms with Crippen LogP contribution in [0.25, 0.3) is 0 Å². The van der Waals surface area contributed by atoms with E-state index >= 15 is 0 Å². The molecule has 0 aliphatic rings. The van der Waals surface area contributed by atoms with Gasteiger partial charge in [0.25, 0.3) is 0 Å². The van der Waals surface area contributed by atoms with Gasteiger partial charge in [0, 0.05) is 11.4 Å². The minimum absolute atomic E-state index is 0.623. The van der Waals surface area contributed by atoms with Crippen molar-refractivity contribution in [2.24, 2.45) is 5.84 Å². The van der Waals surface area contributed by atoms with Crippen LogP contribution < -0.4 is 11.3 Å². The van der Waals surface area contributed by atoms with Crippen LogP contribution >= 0.6 is 23.8 Å². The van der Waals surface area contributed by atoms with Crippen LogP contribution in [0.2, 0.25) is 5.02 Å². The third kappa shape index (κ3) is 2.77. The molecule has 1 aromatic carbocycles. The minimum atomic E-state index is 0.623. The highest BCUT2D eigenvalue weighted by Gasteiger charge is 1.96. The summed E-state index contributed by atoms with van der Waals surface area (Å²) in [6, 6.07) is 7.50. The Labute approximate surface area is 81.7 Å². The molecule has 4 heteroatoms. The number of hydrazine groups is 1. The van der Waals surface area contributed by atoms with Crippen LogP contribution in [0.5, 0.6) is 0 Å². The molecule has 0 saturated heterocycles. The maximum Gasteiger partial charge on any atom is 0.0937 e. The third-order valence-corrected chi connectivity index (χ3v) is 1.95. The summed E-state index contributed by atoms with van der Waals surface area (Å²) in [5.74, 6) is 5.13. The molecule has 64 valence electrons. The van der Waals surface area contributed by atoms with E-state index in [2.05, 4.69) is 5.43 Å². The molecule has 0 aliphatic heterocycles. The summed E-state index contributed by atoms with van der Waals surface area (Å²) in [4.78, 5) is 0.623. The number of benzene rings is 1. The monoisotopic (exact) mass is 200 g/mol. The molecule has 2 nitrogen and oxygen atoms in total.